The maximum absolute atomic E-state index is 11.6. The highest BCUT2D eigenvalue weighted by atomic mass is 16.5. The van der Waals surface area contributed by atoms with Crippen LogP contribution >= 0.6 is 0 Å². The quantitative estimate of drug-likeness (QED) is 0.246. The van der Waals surface area contributed by atoms with E-state index in [2.05, 4.69) is 6.92 Å². The first-order valence-electron chi connectivity index (χ1n) is 9.99. The summed E-state index contributed by atoms with van der Waals surface area (Å²) in [5.74, 6) is -0.0979. The van der Waals surface area contributed by atoms with Gasteiger partial charge in [-0.3, -0.25) is 4.79 Å². The third-order valence-corrected chi connectivity index (χ3v) is 4.46. The molecule has 3 heteroatoms. The number of carbonyl (C=O) groups is 1. The minimum atomic E-state index is -0.0979. The molecule has 0 fully saturated rings. The fourth-order valence-electron chi connectivity index (χ4n) is 2.90. The zero-order chi connectivity index (χ0) is 17.3. The van der Waals surface area contributed by atoms with Crippen LogP contribution in [-0.4, -0.2) is 5.97 Å². The SMILES string of the molecule is CCCCCCCCCCCCCCCC(=O)OCc1ccoc1. The number of rotatable bonds is 16. The normalized spacial score (nSPS) is 10.9. The number of hydrogen-bond donors (Lipinski definition) is 0. The maximum atomic E-state index is 11.6. The molecule has 0 bridgehead atoms. The zero-order valence-corrected chi connectivity index (χ0v) is 15.6. The predicted octanol–water partition coefficient (Wildman–Crippen LogP) is 6.80. The highest BCUT2D eigenvalue weighted by Crippen LogP contribution is 2.13. The summed E-state index contributed by atoms with van der Waals surface area (Å²) in [7, 11) is 0. The summed E-state index contributed by atoms with van der Waals surface area (Å²) in [6.07, 6.45) is 20.9. The van der Waals surface area contributed by atoms with Crippen LogP contribution in [0.15, 0.2) is 23.0 Å². The lowest BCUT2D eigenvalue weighted by atomic mass is 10.0. The van der Waals surface area contributed by atoms with Gasteiger partial charge in [-0.2, -0.15) is 0 Å². The monoisotopic (exact) mass is 336 g/mol. The van der Waals surface area contributed by atoms with Crippen molar-refractivity contribution in [2.45, 2.75) is 103 Å². The van der Waals surface area contributed by atoms with Crippen molar-refractivity contribution in [3.63, 3.8) is 0 Å². The van der Waals surface area contributed by atoms with E-state index >= 15 is 0 Å². The van der Waals surface area contributed by atoms with Gasteiger partial charge in [0.25, 0.3) is 0 Å². The largest absolute Gasteiger partial charge is 0.472 e. The third-order valence-electron chi connectivity index (χ3n) is 4.46. The van der Waals surface area contributed by atoms with E-state index in [9.17, 15) is 4.79 Å². The highest BCUT2D eigenvalue weighted by molar-refractivity contribution is 5.69. The van der Waals surface area contributed by atoms with Crippen LogP contribution in [0.2, 0.25) is 0 Å². The van der Waals surface area contributed by atoms with Crippen molar-refractivity contribution in [2.24, 2.45) is 0 Å². The number of unbranched alkanes of at least 4 members (excludes halogenated alkanes) is 12. The molecule has 3 nitrogen and oxygen atoms in total. The van der Waals surface area contributed by atoms with Gasteiger partial charge >= 0.3 is 5.97 Å². The lowest BCUT2D eigenvalue weighted by molar-refractivity contribution is -0.145. The molecular formula is C21H36O3. The van der Waals surface area contributed by atoms with Crippen LogP contribution in [0.25, 0.3) is 0 Å². The summed E-state index contributed by atoms with van der Waals surface area (Å²) in [6, 6.07) is 1.82. The van der Waals surface area contributed by atoms with Gasteiger partial charge in [0.2, 0.25) is 0 Å². The van der Waals surface area contributed by atoms with Gasteiger partial charge in [0.05, 0.1) is 12.5 Å². The minimum absolute atomic E-state index is 0.0979. The molecule has 1 rings (SSSR count). The van der Waals surface area contributed by atoms with Crippen LogP contribution in [0.3, 0.4) is 0 Å². The average Bonchev–Trinajstić information content (AvgIpc) is 3.10. The van der Waals surface area contributed by atoms with Crippen molar-refractivity contribution in [1.29, 1.82) is 0 Å². The molecule has 0 saturated heterocycles. The molecule has 0 saturated carbocycles. The Morgan fingerprint density at radius 3 is 1.92 bits per heavy atom. The van der Waals surface area contributed by atoms with Gasteiger partial charge in [-0.1, -0.05) is 84.0 Å². The van der Waals surface area contributed by atoms with Gasteiger partial charge < -0.3 is 9.15 Å². The van der Waals surface area contributed by atoms with Crippen LogP contribution < -0.4 is 0 Å². The van der Waals surface area contributed by atoms with E-state index in [4.69, 9.17) is 9.15 Å². The van der Waals surface area contributed by atoms with E-state index in [1.807, 2.05) is 6.07 Å². The van der Waals surface area contributed by atoms with Gasteiger partial charge in [0, 0.05) is 12.0 Å². The van der Waals surface area contributed by atoms with Gasteiger partial charge in [0.1, 0.15) is 6.61 Å². The number of furan rings is 1. The van der Waals surface area contributed by atoms with Gasteiger partial charge in [-0.05, 0) is 12.5 Å². The molecule has 0 N–H and O–H groups in total. The fourth-order valence-corrected chi connectivity index (χ4v) is 2.90. The molecule has 0 aromatic carbocycles. The summed E-state index contributed by atoms with van der Waals surface area (Å²) in [5, 5.41) is 0. The van der Waals surface area contributed by atoms with Crippen molar-refractivity contribution >= 4 is 5.97 Å². The molecule has 1 aromatic rings. The molecule has 24 heavy (non-hydrogen) atoms. The second-order valence-electron chi connectivity index (χ2n) is 6.78. The number of ether oxygens (including phenoxy) is 1. The minimum Gasteiger partial charge on any atom is -0.472 e. The van der Waals surface area contributed by atoms with E-state index in [0.29, 0.717) is 13.0 Å². The van der Waals surface area contributed by atoms with E-state index in [1.165, 1.54) is 70.6 Å². The molecule has 138 valence electrons. The smallest absolute Gasteiger partial charge is 0.306 e. The molecule has 0 unspecified atom stereocenters. The van der Waals surface area contributed by atoms with Crippen LogP contribution in [0.4, 0.5) is 0 Å². The molecule has 0 aliphatic heterocycles. The average molecular weight is 337 g/mol. The van der Waals surface area contributed by atoms with E-state index in [0.717, 1.165) is 18.4 Å². The molecule has 0 aliphatic carbocycles. The van der Waals surface area contributed by atoms with Crippen molar-refractivity contribution in [1.82, 2.24) is 0 Å². The zero-order valence-electron chi connectivity index (χ0n) is 15.6. The molecule has 0 radical (unpaired) electrons. The van der Waals surface area contributed by atoms with Crippen molar-refractivity contribution in [2.75, 3.05) is 0 Å². The second-order valence-corrected chi connectivity index (χ2v) is 6.78. The van der Waals surface area contributed by atoms with E-state index in [-0.39, 0.29) is 5.97 Å². The van der Waals surface area contributed by atoms with Crippen LogP contribution in [0.1, 0.15) is 102 Å². The molecule has 0 atom stereocenters. The van der Waals surface area contributed by atoms with Crippen LogP contribution in [0.5, 0.6) is 0 Å². The Kier molecular flexibility index (Phi) is 13.2. The van der Waals surface area contributed by atoms with E-state index in [1.54, 1.807) is 12.5 Å². The number of hydrogen-bond acceptors (Lipinski definition) is 3. The summed E-state index contributed by atoms with van der Waals surface area (Å²) >= 11 is 0. The number of carbonyl (C=O) groups excluding carboxylic acids is 1. The Balaban J connectivity index is 1.76. The lowest BCUT2D eigenvalue weighted by Crippen LogP contribution is -2.03. The third kappa shape index (κ3) is 12.2. The van der Waals surface area contributed by atoms with Crippen LogP contribution in [0, 0.1) is 0 Å². The predicted molar refractivity (Wildman–Crippen MR) is 98.8 cm³/mol. The molecule has 1 heterocycles. The number of esters is 1. The molecule has 0 spiro atoms. The van der Waals surface area contributed by atoms with Gasteiger partial charge in [-0.25, -0.2) is 0 Å². The standard InChI is InChI=1S/C21H36O3/c1-2-3-4-5-6-7-8-9-10-11-12-13-14-15-21(22)24-19-20-16-17-23-18-20/h16-18H,2-15,19H2,1H3. The summed E-state index contributed by atoms with van der Waals surface area (Å²) in [4.78, 5) is 11.6. The topological polar surface area (TPSA) is 39.4 Å². The summed E-state index contributed by atoms with van der Waals surface area (Å²) in [5.41, 5.74) is 0.911. The molecule has 0 aliphatic rings. The first-order chi connectivity index (χ1) is 11.8. The first kappa shape index (κ1) is 20.8. The molecular weight excluding hydrogens is 300 g/mol. The van der Waals surface area contributed by atoms with Crippen LogP contribution in [-0.2, 0) is 16.1 Å². The fraction of sp³-hybridized carbons (Fsp3) is 0.762. The molecule has 0 amide bonds. The van der Waals surface area contributed by atoms with Gasteiger partial charge in [-0.15, -0.1) is 0 Å². The Morgan fingerprint density at radius 2 is 1.42 bits per heavy atom. The second kappa shape index (κ2) is 15.3. The summed E-state index contributed by atoms with van der Waals surface area (Å²) < 4.78 is 10.1. The van der Waals surface area contributed by atoms with Gasteiger partial charge in [0.15, 0.2) is 0 Å². The highest BCUT2D eigenvalue weighted by Gasteiger charge is 2.03. The van der Waals surface area contributed by atoms with Crippen molar-refractivity contribution in [3.8, 4) is 0 Å². The molecule has 1 aromatic heterocycles. The first-order valence-corrected chi connectivity index (χ1v) is 9.99. The Hall–Kier alpha value is -1.25. The Morgan fingerprint density at radius 1 is 0.875 bits per heavy atom. The Labute approximate surface area is 148 Å². The van der Waals surface area contributed by atoms with Crippen molar-refractivity contribution < 1.29 is 13.9 Å². The van der Waals surface area contributed by atoms with Crippen molar-refractivity contribution in [3.05, 3.63) is 24.2 Å². The lowest BCUT2D eigenvalue weighted by Gasteiger charge is -2.04. The maximum Gasteiger partial charge on any atom is 0.306 e. The van der Waals surface area contributed by atoms with E-state index < -0.39 is 0 Å². The Bertz CT molecular complexity index is 384. The summed E-state index contributed by atoms with van der Waals surface area (Å²) in [6.45, 7) is 2.60.